The number of ether oxygens (including phenoxy) is 1. The second kappa shape index (κ2) is 7.13. The summed E-state index contributed by atoms with van der Waals surface area (Å²) in [6, 6.07) is 9.62. The number of hydrogen-bond acceptors (Lipinski definition) is 3. The third-order valence-corrected chi connectivity index (χ3v) is 4.89. The molecule has 0 saturated carbocycles. The number of likely N-dealkylation sites (tertiary alicyclic amines) is 1. The van der Waals surface area contributed by atoms with E-state index < -0.39 is 11.9 Å². The summed E-state index contributed by atoms with van der Waals surface area (Å²) in [4.78, 5) is 25.8. The van der Waals surface area contributed by atoms with Crippen LogP contribution in [0.25, 0.3) is 0 Å². The molecule has 1 N–H and O–H groups in total. The normalized spacial score (nSPS) is 27.8. The van der Waals surface area contributed by atoms with E-state index in [9.17, 15) is 14.7 Å². The number of carboxylic acids is 1. The van der Waals surface area contributed by atoms with Crippen LogP contribution in [0.15, 0.2) is 30.3 Å². The minimum Gasteiger partial charge on any atom is -0.481 e. The van der Waals surface area contributed by atoms with Gasteiger partial charge in [0.15, 0.2) is 0 Å². The topological polar surface area (TPSA) is 66.8 Å². The molecule has 0 radical (unpaired) electrons. The lowest BCUT2D eigenvalue weighted by Crippen LogP contribution is -2.34. The van der Waals surface area contributed by atoms with Gasteiger partial charge < -0.3 is 14.7 Å². The van der Waals surface area contributed by atoms with Crippen LogP contribution in [0.1, 0.15) is 37.2 Å². The van der Waals surface area contributed by atoms with Crippen molar-refractivity contribution in [3.05, 3.63) is 35.9 Å². The van der Waals surface area contributed by atoms with E-state index in [2.05, 4.69) is 0 Å². The lowest BCUT2D eigenvalue weighted by Gasteiger charge is -2.24. The fourth-order valence-corrected chi connectivity index (χ4v) is 3.59. The molecule has 5 heteroatoms. The molecule has 0 aliphatic carbocycles. The number of benzene rings is 1. The summed E-state index contributed by atoms with van der Waals surface area (Å²) in [7, 11) is 0. The van der Waals surface area contributed by atoms with Crippen molar-refractivity contribution in [3.8, 4) is 0 Å². The SMILES string of the molecule is O=C(O)[C@@H]1CN(C(=O)CC2CCCCO2)C[C@@H]1c1ccccc1. The second-order valence-corrected chi connectivity index (χ2v) is 6.45. The fraction of sp³-hybridized carbons (Fsp3) is 0.556. The quantitative estimate of drug-likeness (QED) is 0.925. The molecule has 23 heavy (non-hydrogen) atoms. The average molecular weight is 317 g/mol. The minimum atomic E-state index is -0.830. The van der Waals surface area contributed by atoms with Crippen molar-refractivity contribution in [2.45, 2.75) is 37.7 Å². The van der Waals surface area contributed by atoms with E-state index in [-0.39, 0.29) is 17.9 Å². The smallest absolute Gasteiger partial charge is 0.308 e. The first kappa shape index (κ1) is 16.0. The molecule has 2 aliphatic heterocycles. The summed E-state index contributed by atoms with van der Waals surface area (Å²) in [6.45, 7) is 1.50. The Balaban J connectivity index is 1.67. The Morgan fingerprint density at radius 1 is 1.17 bits per heavy atom. The van der Waals surface area contributed by atoms with Crippen molar-refractivity contribution in [1.82, 2.24) is 4.90 Å². The van der Waals surface area contributed by atoms with E-state index in [1.165, 1.54) is 0 Å². The Hall–Kier alpha value is -1.88. The molecule has 2 saturated heterocycles. The van der Waals surface area contributed by atoms with Crippen molar-refractivity contribution in [1.29, 1.82) is 0 Å². The van der Waals surface area contributed by atoms with Gasteiger partial charge in [0, 0.05) is 25.6 Å². The number of carbonyl (C=O) groups is 2. The molecular formula is C18H23NO4. The summed E-state index contributed by atoms with van der Waals surface area (Å²) < 4.78 is 5.63. The molecule has 5 nitrogen and oxygen atoms in total. The van der Waals surface area contributed by atoms with E-state index in [1.807, 2.05) is 30.3 Å². The Labute approximate surface area is 136 Å². The van der Waals surface area contributed by atoms with Crippen LogP contribution in [0.3, 0.4) is 0 Å². The average Bonchev–Trinajstić information content (AvgIpc) is 3.02. The largest absolute Gasteiger partial charge is 0.481 e. The van der Waals surface area contributed by atoms with Crippen molar-refractivity contribution >= 4 is 11.9 Å². The highest BCUT2D eigenvalue weighted by Crippen LogP contribution is 2.33. The van der Waals surface area contributed by atoms with Gasteiger partial charge in [-0.2, -0.15) is 0 Å². The molecular weight excluding hydrogens is 294 g/mol. The van der Waals surface area contributed by atoms with E-state index in [0.717, 1.165) is 31.4 Å². The Morgan fingerprint density at radius 3 is 2.61 bits per heavy atom. The molecule has 0 bridgehead atoms. The third kappa shape index (κ3) is 3.72. The van der Waals surface area contributed by atoms with Gasteiger partial charge in [0.05, 0.1) is 18.4 Å². The predicted octanol–water partition coefficient (Wildman–Crippen LogP) is 2.27. The highest BCUT2D eigenvalue weighted by Gasteiger charge is 2.40. The van der Waals surface area contributed by atoms with Crippen LogP contribution in [0.5, 0.6) is 0 Å². The Morgan fingerprint density at radius 2 is 1.96 bits per heavy atom. The standard InChI is InChI=1S/C18H23NO4/c20-17(10-14-8-4-5-9-23-14)19-11-15(16(12-19)18(21)22)13-6-2-1-3-7-13/h1-3,6-7,14-16H,4-5,8-12H2,(H,21,22)/t14?,15-,16-/m1/s1. The molecule has 124 valence electrons. The number of nitrogens with zero attached hydrogens (tertiary/aromatic N) is 1. The van der Waals surface area contributed by atoms with Crippen LogP contribution in [0, 0.1) is 5.92 Å². The fourth-order valence-electron chi connectivity index (χ4n) is 3.59. The molecule has 0 spiro atoms. The van der Waals surface area contributed by atoms with Gasteiger partial charge >= 0.3 is 5.97 Å². The van der Waals surface area contributed by atoms with Crippen LogP contribution in [-0.2, 0) is 14.3 Å². The molecule has 1 amide bonds. The molecule has 1 unspecified atom stereocenters. The number of rotatable bonds is 4. The zero-order valence-electron chi connectivity index (χ0n) is 13.2. The third-order valence-electron chi connectivity index (χ3n) is 4.89. The first-order valence-electron chi connectivity index (χ1n) is 8.32. The number of carbonyl (C=O) groups excluding carboxylic acids is 1. The highest BCUT2D eigenvalue weighted by atomic mass is 16.5. The maximum absolute atomic E-state index is 12.5. The lowest BCUT2D eigenvalue weighted by molar-refractivity contribution is -0.142. The van der Waals surface area contributed by atoms with Gasteiger partial charge in [-0.3, -0.25) is 9.59 Å². The Bertz CT molecular complexity index is 553. The predicted molar refractivity (Wildman–Crippen MR) is 85.1 cm³/mol. The first-order valence-corrected chi connectivity index (χ1v) is 8.32. The molecule has 0 aromatic heterocycles. The summed E-state index contributed by atoms with van der Waals surface area (Å²) >= 11 is 0. The number of aliphatic carboxylic acids is 1. The molecule has 1 aromatic carbocycles. The minimum absolute atomic E-state index is 0.00435. The monoisotopic (exact) mass is 317 g/mol. The van der Waals surface area contributed by atoms with E-state index in [4.69, 9.17) is 4.74 Å². The van der Waals surface area contributed by atoms with Crippen molar-refractivity contribution in [2.24, 2.45) is 5.92 Å². The van der Waals surface area contributed by atoms with Gasteiger partial charge in [-0.15, -0.1) is 0 Å². The summed E-state index contributed by atoms with van der Waals surface area (Å²) in [5.74, 6) is -1.48. The Kier molecular flexibility index (Phi) is 4.96. The van der Waals surface area contributed by atoms with Crippen LogP contribution in [-0.4, -0.2) is 47.7 Å². The zero-order chi connectivity index (χ0) is 16.2. The van der Waals surface area contributed by atoms with Crippen molar-refractivity contribution < 1.29 is 19.4 Å². The number of carboxylic acid groups (broad SMARTS) is 1. The molecule has 2 fully saturated rings. The maximum atomic E-state index is 12.5. The van der Waals surface area contributed by atoms with Gasteiger partial charge in [0.1, 0.15) is 0 Å². The van der Waals surface area contributed by atoms with Crippen LogP contribution >= 0.6 is 0 Å². The van der Waals surface area contributed by atoms with Gasteiger partial charge in [-0.1, -0.05) is 30.3 Å². The molecule has 3 atom stereocenters. The van der Waals surface area contributed by atoms with Crippen LogP contribution in [0.2, 0.25) is 0 Å². The summed E-state index contributed by atoms with van der Waals surface area (Å²) in [5.41, 5.74) is 0.990. The second-order valence-electron chi connectivity index (χ2n) is 6.45. The van der Waals surface area contributed by atoms with Crippen molar-refractivity contribution in [2.75, 3.05) is 19.7 Å². The van der Waals surface area contributed by atoms with E-state index in [1.54, 1.807) is 4.90 Å². The van der Waals surface area contributed by atoms with Gasteiger partial charge in [0.25, 0.3) is 0 Å². The molecule has 1 aromatic rings. The summed E-state index contributed by atoms with van der Waals surface area (Å²) in [6.07, 6.45) is 3.45. The van der Waals surface area contributed by atoms with Gasteiger partial charge in [-0.25, -0.2) is 0 Å². The van der Waals surface area contributed by atoms with Crippen LogP contribution in [0.4, 0.5) is 0 Å². The number of hydrogen-bond donors (Lipinski definition) is 1. The zero-order valence-corrected chi connectivity index (χ0v) is 13.2. The maximum Gasteiger partial charge on any atom is 0.308 e. The van der Waals surface area contributed by atoms with Gasteiger partial charge in [0.2, 0.25) is 5.91 Å². The van der Waals surface area contributed by atoms with E-state index in [0.29, 0.717) is 19.5 Å². The number of amides is 1. The van der Waals surface area contributed by atoms with E-state index >= 15 is 0 Å². The lowest BCUT2D eigenvalue weighted by atomic mass is 9.89. The highest BCUT2D eigenvalue weighted by molar-refractivity contribution is 5.80. The molecule has 2 aliphatic rings. The van der Waals surface area contributed by atoms with Gasteiger partial charge in [-0.05, 0) is 24.8 Å². The first-order chi connectivity index (χ1) is 11.1. The summed E-state index contributed by atoms with van der Waals surface area (Å²) in [5, 5.41) is 9.50. The van der Waals surface area contributed by atoms with Crippen molar-refractivity contribution in [3.63, 3.8) is 0 Å². The molecule has 2 heterocycles. The van der Waals surface area contributed by atoms with Crippen LogP contribution < -0.4 is 0 Å². The molecule has 3 rings (SSSR count).